The lowest BCUT2D eigenvalue weighted by molar-refractivity contribution is 0.439. The molecule has 3 N–H and O–H groups in total. The molecule has 0 aliphatic rings. The fourth-order valence-electron chi connectivity index (χ4n) is 2.01. The van der Waals surface area contributed by atoms with Gasteiger partial charge in [0.25, 0.3) is 0 Å². The third-order valence-corrected chi connectivity index (χ3v) is 3.37. The monoisotopic (exact) mass is 331 g/mol. The summed E-state index contributed by atoms with van der Waals surface area (Å²) >= 11 is 3.42. The zero-order chi connectivity index (χ0) is 14.1. The Morgan fingerprint density at radius 1 is 1.20 bits per heavy atom. The summed E-state index contributed by atoms with van der Waals surface area (Å²) in [7, 11) is 0. The second-order valence-electron chi connectivity index (χ2n) is 4.22. The van der Waals surface area contributed by atoms with E-state index >= 15 is 0 Å². The molecule has 6 heteroatoms. The Labute approximate surface area is 122 Å². The number of rotatable bonds is 2. The van der Waals surface area contributed by atoms with Crippen molar-refractivity contribution >= 4 is 21.8 Å². The third kappa shape index (κ3) is 2.25. The Hall–Kier alpha value is -2.34. The summed E-state index contributed by atoms with van der Waals surface area (Å²) in [6.07, 6.45) is 1.56. The molecule has 1 aromatic carbocycles. The number of pyridine rings is 1. The molecule has 0 saturated heterocycles. The van der Waals surface area contributed by atoms with Crippen LogP contribution in [0.3, 0.4) is 0 Å². The number of hydrogen-bond donors (Lipinski definition) is 2. The largest absolute Gasteiger partial charge is 0.367 e. The zero-order valence-electron chi connectivity index (χ0n) is 10.3. The van der Waals surface area contributed by atoms with Gasteiger partial charge in [0.15, 0.2) is 0 Å². The van der Waals surface area contributed by atoms with E-state index in [1.54, 1.807) is 12.3 Å². The SMILES string of the molecule is Nc1onc(-c2cc[nH]c(=O)c2)c1-c1cccc(Br)c1. The van der Waals surface area contributed by atoms with Crippen molar-refractivity contribution in [3.63, 3.8) is 0 Å². The summed E-state index contributed by atoms with van der Waals surface area (Å²) in [5, 5.41) is 3.97. The highest BCUT2D eigenvalue weighted by Crippen LogP contribution is 2.36. The number of aromatic nitrogens is 2. The second-order valence-corrected chi connectivity index (χ2v) is 5.14. The quantitative estimate of drug-likeness (QED) is 0.755. The fourth-order valence-corrected chi connectivity index (χ4v) is 2.41. The van der Waals surface area contributed by atoms with Crippen LogP contribution in [0.5, 0.6) is 0 Å². The summed E-state index contributed by atoms with van der Waals surface area (Å²) in [6, 6.07) is 10.8. The molecule has 20 heavy (non-hydrogen) atoms. The lowest BCUT2D eigenvalue weighted by atomic mass is 10.0. The van der Waals surface area contributed by atoms with Crippen molar-refractivity contribution in [1.82, 2.24) is 10.1 Å². The smallest absolute Gasteiger partial charge is 0.248 e. The van der Waals surface area contributed by atoms with Gasteiger partial charge >= 0.3 is 0 Å². The number of nitrogens with two attached hydrogens (primary N) is 1. The number of benzene rings is 1. The number of aromatic amines is 1. The van der Waals surface area contributed by atoms with E-state index in [2.05, 4.69) is 26.1 Å². The van der Waals surface area contributed by atoms with Crippen molar-refractivity contribution in [1.29, 1.82) is 0 Å². The molecule has 0 aliphatic carbocycles. The number of nitrogens with zero attached hydrogens (tertiary/aromatic N) is 1. The first-order valence-corrected chi connectivity index (χ1v) is 6.64. The minimum atomic E-state index is -0.204. The minimum Gasteiger partial charge on any atom is -0.367 e. The molecule has 5 nitrogen and oxygen atoms in total. The van der Waals surface area contributed by atoms with E-state index in [-0.39, 0.29) is 11.4 Å². The maximum atomic E-state index is 11.4. The highest BCUT2D eigenvalue weighted by Gasteiger charge is 2.17. The van der Waals surface area contributed by atoms with Gasteiger partial charge in [-0.1, -0.05) is 33.2 Å². The van der Waals surface area contributed by atoms with E-state index in [4.69, 9.17) is 10.3 Å². The van der Waals surface area contributed by atoms with Crippen molar-refractivity contribution in [3.05, 3.63) is 57.4 Å². The lowest BCUT2D eigenvalue weighted by Crippen LogP contribution is -2.02. The van der Waals surface area contributed by atoms with Crippen molar-refractivity contribution in [3.8, 4) is 22.4 Å². The topological polar surface area (TPSA) is 84.9 Å². The molecule has 0 saturated carbocycles. The molecular formula is C14H10BrN3O2. The molecule has 0 spiro atoms. The average Bonchev–Trinajstić information content (AvgIpc) is 2.80. The highest BCUT2D eigenvalue weighted by molar-refractivity contribution is 9.10. The van der Waals surface area contributed by atoms with Crippen LogP contribution in [0.25, 0.3) is 22.4 Å². The Balaban J connectivity index is 2.22. The van der Waals surface area contributed by atoms with Gasteiger partial charge < -0.3 is 15.2 Å². The van der Waals surface area contributed by atoms with Gasteiger partial charge in [-0.3, -0.25) is 4.79 Å². The Morgan fingerprint density at radius 2 is 2.05 bits per heavy atom. The molecule has 0 fully saturated rings. The van der Waals surface area contributed by atoms with Gasteiger partial charge in [0.05, 0.1) is 5.56 Å². The zero-order valence-corrected chi connectivity index (χ0v) is 11.8. The lowest BCUT2D eigenvalue weighted by Gasteiger charge is -2.03. The third-order valence-electron chi connectivity index (χ3n) is 2.88. The van der Waals surface area contributed by atoms with Crippen molar-refractivity contribution < 1.29 is 4.52 Å². The van der Waals surface area contributed by atoms with Crippen LogP contribution < -0.4 is 11.3 Å². The molecule has 0 atom stereocenters. The number of hydrogen-bond acceptors (Lipinski definition) is 4. The van der Waals surface area contributed by atoms with Crippen LogP contribution in [0.4, 0.5) is 5.88 Å². The summed E-state index contributed by atoms with van der Waals surface area (Å²) < 4.78 is 6.01. The predicted octanol–water partition coefficient (Wildman–Crippen LogP) is 3.04. The van der Waals surface area contributed by atoms with Gasteiger partial charge in [0, 0.05) is 22.3 Å². The predicted molar refractivity (Wildman–Crippen MR) is 80.1 cm³/mol. The molecule has 3 aromatic rings. The fraction of sp³-hybridized carbons (Fsp3) is 0. The van der Waals surface area contributed by atoms with Gasteiger partial charge in [-0.2, -0.15) is 0 Å². The Kier molecular flexibility index (Phi) is 3.15. The number of nitrogen functional groups attached to an aromatic ring is 1. The van der Waals surface area contributed by atoms with Gasteiger partial charge in [-0.15, -0.1) is 0 Å². The van der Waals surface area contributed by atoms with E-state index in [0.717, 1.165) is 10.0 Å². The van der Waals surface area contributed by atoms with Crippen LogP contribution in [-0.2, 0) is 0 Å². The first kappa shape index (κ1) is 12.7. The van der Waals surface area contributed by atoms with Crippen LogP contribution >= 0.6 is 15.9 Å². The Morgan fingerprint density at radius 3 is 2.80 bits per heavy atom. The van der Waals surface area contributed by atoms with Crippen LogP contribution in [0, 0.1) is 0 Å². The van der Waals surface area contributed by atoms with Crippen molar-refractivity contribution in [2.75, 3.05) is 5.73 Å². The van der Waals surface area contributed by atoms with Crippen molar-refractivity contribution in [2.45, 2.75) is 0 Å². The molecule has 0 aliphatic heterocycles. The van der Waals surface area contributed by atoms with E-state index in [9.17, 15) is 4.79 Å². The van der Waals surface area contributed by atoms with E-state index < -0.39 is 0 Å². The molecule has 100 valence electrons. The van der Waals surface area contributed by atoms with Crippen LogP contribution in [0.1, 0.15) is 0 Å². The highest BCUT2D eigenvalue weighted by atomic mass is 79.9. The van der Waals surface area contributed by atoms with Gasteiger partial charge in [-0.05, 0) is 23.8 Å². The van der Waals surface area contributed by atoms with Gasteiger partial charge in [0.1, 0.15) is 5.69 Å². The summed E-state index contributed by atoms with van der Waals surface area (Å²) in [5.41, 5.74) is 8.42. The average molecular weight is 332 g/mol. The maximum absolute atomic E-state index is 11.4. The molecule has 2 heterocycles. The Bertz CT molecular complexity index is 823. The first-order chi connectivity index (χ1) is 9.65. The minimum absolute atomic E-state index is 0.204. The number of H-pyrrole nitrogens is 1. The molecule has 3 rings (SSSR count). The molecule has 0 unspecified atom stereocenters. The number of halogens is 1. The van der Waals surface area contributed by atoms with Gasteiger partial charge in [0.2, 0.25) is 11.4 Å². The normalized spacial score (nSPS) is 10.7. The van der Waals surface area contributed by atoms with E-state index in [1.165, 1.54) is 6.07 Å². The van der Waals surface area contributed by atoms with Crippen molar-refractivity contribution in [2.24, 2.45) is 0 Å². The van der Waals surface area contributed by atoms with Crippen LogP contribution in [0.2, 0.25) is 0 Å². The number of nitrogens with one attached hydrogen (secondary N) is 1. The van der Waals surface area contributed by atoms with Gasteiger partial charge in [-0.25, -0.2) is 0 Å². The van der Waals surface area contributed by atoms with Crippen LogP contribution in [0.15, 0.2) is 56.4 Å². The summed E-state index contributed by atoms with van der Waals surface area (Å²) in [5.74, 6) is 0.221. The maximum Gasteiger partial charge on any atom is 0.248 e. The molecule has 0 amide bonds. The summed E-state index contributed by atoms with van der Waals surface area (Å²) in [4.78, 5) is 14.0. The molecule has 2 aromatic heterocycles. The molecule has 0 bridgehead atoms. The van der Waals surface area contributed by atoms with Crippen LogP contribution in [-0.4, -0.2) is 10.1 Å². The number of anilines is 1. The van der Waals surface area contributed by atoms with E-state index in [0.29, 0.717) is 16.8 Å². The van der Waals surface area contributed by atoms with E-state index in [1.807, 2.05) is 24.3 Å². The molecular weight excluding hydrogens is 322 g/mol. The molecule has 0 radical (unpaired) electrons. The summed E-state index contributed by atoms with van der Waals surface area (Å²) in [6.45, 7) is 0. The standard InChI is InChI=1S/C14H10BrN3O2/c15-10-3-1-2-8(6-10)12-13(18-20-14(12)16)9-4-5-17-11(19)7-9/h1-7H,16H2,(H,17,19). The second kappa shape index (κ2) is 4.97. The first-order valence-electron chi connectivity index (χ1n) is 5.85.